The van der Waals surface area contributed by atoms with Crippen LogP contribution in [-0.2, 0) is 6.42 Å². The highest BCUT2D eigenvalue weighted by atomic mass is 15.1. The van der Waals surface area contributed by atoms with E-state index < -0.39 is 0 Å². The van der Waals surface area contributed by atoms with Crippen molar-refractivity contribution in [2.24, 2.45) is 0 Å². The Morgan fingerprint density at radius 1 is 1.00 bits per heavy atom. The molecule has 0 fully saturated rings. The number of benzene rings is 1. The Kier molecular flexibility index (Phi) is 3.75. The molecule has 2 aliphatic carbocycles. The summed E-state index contributed by atoms with van der Waals surface area (Å²) in [5.74, 6) is 1.34. The first-order valence-electron chi connectivity index (χ1n) is 9.10. The lowest BCUT2D eigenvalue weighted by atomic mass is 9.90. The standard InChI is InChI=1S/C23H19N4/c24-17-5-3-4-15(12-17)20-14-21(20)16-7-9-19-22(26-27-23(19)13-16)10-8-18-6-1-2-11-25-18/h1-6,8,10-14H,7,9,24H2,(H,26,27)/b10-8+. The topological polar surface area (TPSA) is 67.6 Å². The summed E-state index contributed by atoms with van der Waals surface area (Å²) in [7, 11) is 0. The zero-order chi connectivity index (χ0) is 18.2. The van der Waals surface area contributed by atoms with Crippen molar-refractivity contribution in [2.45, 2.75) is 12.8 Å². The Labute approximate surface area is 158 Å². The van der Waals surface area contributed by atoms with E-state index in [9.17, 15) is 0 Å². The number of pyridine rings is 1. The van der Waals surface area contributed by atoms with E-state index in [2.05, 4.69) is 33.4 Å². The molecule has 1 radical (unpaired) electrons. The van der Waals surface area contributed by atoms with Gasteiger partial charge in [-0.3, -0.25) is 10.1 Å². The molecule has 0 spiro atoms. The number of aromatic amines is 1. The summed E-state index contributed by atoms with van der Waals surface area (Å²) in [4.78, 5) is 4.32. The van der Waals surface area contributed by atoms with Gasteiger partial charge in [-0.2, -0.15) is 5.10 Å². The molecule has 0 atom stereocenters. The second-order valence-electron chi connectivity index (χ2n) is 6.86. The predicted octanol–water partition coefficient (Wildman–Crippen LogP) is 4.56. The summed E-state index contributed by atoms with van der Waals surface area (Å²) < 4.78 is 0. The Morgan fingerprint density at radius 2 is 1.96 bits per heavy atom. The monoisotopic (exact) mass is 351 g/mol. The molecule has 0 saturated carbocycles. The number of nitrogen functional groups attached to an aromatic ring is 1. The third-order valence-corrected chi connectivity index (χ3v) is 5.03. The molecule has 0 bridgehead atoms. The number of allylic oxidation sites excluding steroid dienone is 3. The summed E-state index contributed by atoms with van der Waals surface area (Å²) in [6, 6.07) is 14.0. The average molecular weight is 351 g/mol. The van der Waals surface area contributed by atoms with Crippen LogP contribution in [0.2, 0.25) is 0 Å². The van der Waals surface area contributed by atoms with Crippen LogP contribution in [0.15, 0.2) is 60.3 Å². The van der Waals surface area contributed by atoms with Gasteiger partial charge in [0.05, 0.1) is 23.0 Å². The number of aromatic nitrogens is 3. The number of nitrogens with one attached hydrogen (secondary N) is 1. The molecule has 27 heavy (non-hydrogen) atoms. The summed E-state index contributed by atoms with van der Waals surface area (Å²) >= 11 is 0. The normalized spacial score (nSPS) is 16.1. The van der Waals surface area contributed by atoms with E-state index >= 15 is 0 Å². The number of hydrogen-bond donors (Lipinski definition) is 2. The molecule has 0 unspecified atom stereocenters. The molecule has 131 valence electrons. The Balaban J connectivity index is 1.34. The zero-order valence-corrected chi connectivity index (χ0v) is 14.8. The van der Waals surface area contributed by atoms with E-state index in [-0.39, 0.29) is 0 Å². The van der Waals surface area contributed by atoms with Gasteiger partial charge in [0.2, 0.25) is 0 Å². The number of fused-ring (bicyclic) bond motifs is 1. The van der Waals surface area contributed by atoms with E-state index in [4.69, 9.17) is 5.73 Å². The molecule has 4 nitrogen and oxygen atoms in total. The van der Waals surface area contributed by atoms with Gasteiger partial charge in [0, 0.05) is 17.4 Å². The fraction of sp³-hybridized carbons (Fsp3) is 0.0870. The summed E-state index contributed by atoms with van der Waals surface area (Å²) in [5.41, 5.74) is 14.9. The molecule has 0 amide bonds. The first-order chi connectivity index (χ1) is 13.3. The van der Waals surface area contributed by atoms with E-state index in [1.807, 2.05) is 48.6 Å². The predicted molar refractivity (Wildman–Crippen MR) is 110 cm³/mol. The summed E-state index contributed by atoms with van der Waals surface area (Å²) in [5, 5.41) is 7.67. The van der Waals surface area contributed by atoms with Gasteiger partial charge in [0.15, 0.2) is 0 Å². The number of rotatable bonds is 4. The van der Waals surface area contributed by atoms with Crippen molar-refractivity contribution >= 4 is 29.5 Å². The highest BCUT2D eigenvalue weighted by molar-refractivity contribution is 5.99. The van der Waals surface area contributed by atoms with Crippen molar-refractivity contribution in [1.29, 1.82) is 0 Å². The van der Waals surface area contributed by atoms with E-state index in [1.165, 1.54) is 28.2 Å². The van der Waals surface area contributed by atoms with Crippen molar-refractivity contribution < 1.29 is 0 Å². The van der Waals surface area contributed by atoms with Gasteiger partial charge in [-0.1, -0.05) is 29.8 Å². The van der Waals surface area contributed by atoms with E-state index in [0.29, 0.717) is 0 Å². The molecule has 3 aromatic rings. The number of H-pyrrole nitrogens is 1. The van der Waals surface area contributed by atoms with Gasteiger partial charge >= 0.3 is 0 Å². The molecule has 1 aromatic carbocycles. The first kappa shape index (κ1) is 15.8. The highest BCUT2D eigenvalue weighted by Crippen LogP contribution is 2.49. The van der Waals surface area contributed by atoms with Crippen molar-refractivity contribution in [1.82, 2.24) is 15.2 Å². The largest absolute Gasteiger partial charge is 0.399 e. The minimum Gasteiger partial charge on any atom is -0.399 e. The quantitative estimate of drug-likeness (QED) is 0.677. The molecular weight excluding hydrogens is 332 g/mol. The molecule has 2 heterocycles. The fourth-order valence-corrected chi connectivity index (χ4v) is 3.59. The first-order valence-corrected chi connectivity index (χ1v) is 9.10. The van der Waals surface area contributed by atoms with Crippen LogP contribution >= 0.6 is 0 Å². The molecular formula is C23H19N4. The molecule has 2 aromatic heterocycles. The fourth-order valence-electron chi connectivity index (χ4n) is 3.59. The Morgan fingerprint density at radius 3 is 2.81 bits per heavy atom. The minimum absolute atomic E-state index is 0.803. The molecule has 3 N–H and O–H groups in total. The second kappa shape index (κ2) is 6.40. The summed E-state index contributed by atoms with van der Waals surface area (Å²) in [6.45, 7) is 0. The molecule has 4 heteroatoms. The highest BCUT2D eigenvalue weighted by Gasteiger charge is 2.32. The number of hydrogen-bond acceptors (Lipinski definition) is 3. The smallest absolute Gasteiger partial charge is 0.0887 e. The van der Waals surface area contributed by atoms with Crippen LogP contribution < -0.4 is 5.73 Å². The van der Waals surface area contributed by atoms with Crippen LogP contribution in [-0.4, -0.2) is 15.2 Å². The Hall–Kier alpha value is -3.40. The minimum atomic E-state index is 0.803. The van der Waals surface area contributed by atoms with Gasteiger partial charge in [-0.05, 0) is 66.5 Å². The maximum absolute atomic E-state index is 5.91. The number of nitrogens with two attached hydrogens (primary N) is 1. The number of nitrogens with zero attached hydrogens (tertiary/aromatic N) is 2. The van der Waals surface area contributed by atoms with Crippen LogP contribution in [0.1, 0.15) is 34.6 Å². The van der Waals surface area contributed by atoms with E-state index in [1.54, 1.807) is 6.20 Å². The van der Waals surface area contributed by atoms with E-state index in [0.717, 1.165) is 35.6 Å². The number of anilines is 1. The van der Waals surface area contributed by atoms with Gasteiger partial charge in [-0.25, -0.2) is 0 Å². The van der Waals surface area contributed by atoms with Crippen molar-refractivity contribution in [3.05, 3.63) is 94.4 Å². The van der Waals surface area contributed by atoms with Crippen LogP contribution in [0, 0.1) is 5.92 Å². The van der Waals surface area contributed by atoms with Gasteiger partial charge < -0.3 is 5.73 Å². The van der Waals surface area contributed by atoms with Gasteiger partial charge in [0.25, 0.3) is 0 Å². The van der Waals surface area contributed by atoms with Crippen molar-refractivity contribution in [3.63, 3.8) is 0 Å². The second-order valence-corrected chi connectivity index (χ2v) is 6.86. The molecule has 0 saturated heterocycles. The van der Waals surface area contributed by atoms with Crippen LogP contribution in [0.25, 0.3) is 23.8 Å². The lowest BCUT2D eigenvalue weighted by molar-refractivity contribution is 0.931. The Bertz CT molecular complexity index is 1090. The average Bonchev–Trinajstić information content (AvgIpc) is 3.41. The lowest BCUT2D eigenvalue weighted by Crippen LogP contribution is -2.01. The van der Waals surface area contributed by atoms with Crippen LogP contribution in [0.4, 0.5) is 5.69 Å². The molecule has 2 aliphatic rings. The third-order valence-electron chi connectivity index (χ3n) is 5.03. The lowest BCUT2D eigenvalue weighted by Gasteiger charge is -2.13. The van der Waals surface area contributed by atoms with Crippen LogP contribution in [0.3, 0.4) is 0 Å². The third kappa shape index (κ3) is 3.10. The summed E-state index contributed by atoms with van der Waals surface area (Å²) in [6.07, 6.45) is 12.3. The van der Waals surface area contributed by atoms with Crippen molar-refractivity contribution in [2.75, 3.05) is 5.73 Å². The van der Waals surface area contributed by atoms with Crippen LogP contribution in [0.5, 0.6) is 0 Å². The molecule has 0 aliphatic heterocycles. The maximum Gasteiger partial charge on any atom is 0.0887 e. The molecule has 5 rings (SSSR count). The maximum atomic E-state index is 5.91. The van der Waals surface area contributed by atoms with Gasteiger partial charge in [-0.15, -0.1) is 0 Å². The zero-order valence-electron chi connectivity index (χ0n) is 14.8. The van der Waals surface area contributed by atoms with Crippen molar-refractivity contribution in [3.8, 4) is 0 Å². The SMILES string of the molecule is Nc1cccc(C2=C[C]2C2=Cc3[nH]nc(/C=C/c4ccccn4)c3CC2)c1. The van der Waals surface area contributed by atoms with Gasteiger partial charge in [0.1, 0.15) is 0 Å².